The van der Waals surface area contributed by atoms with E-state index < -0.39 is 11.6 Å². The minimum Gasteiger partial charge on any atom is -0.494 e. The maximum absolute atomic E-state index is 12.2. The van der Waals surface area contributed by atoms with Gasteiger partial charge in [-0.25, -0.2) is 14.8 Å². The number of imidazole rings is 1. The molecule has 0 fully saturated rings. The van der Waals surface area contributed by atoms with E-state index >= 15 is 0 Å². The van der Waals surface area contributed by atoms with Crippen molar-refractivity contribution < 1.29 is 23.8 Å². The second-order valence-electron chi connectivity index (χ2n) is 10.9. The number of nitrogens with zero attached hydrogens (tertiary/aromatic N) is 4. The summed E-state index contributed by atoms with van der Waals surface area (Å²) in [5.74, 6) is 0.725. The predicted molar refractivity (Wildman–Crippen MR) is 159 cm³/mol. The Morgan fingerprint density at radius 1 is 0.975 bits per heavy atom. The fraction of sp³-hybridized carbons (Fsp3) is 0.467. The van der Waals surface area contributed by atoms with Gasteiger partial charge in [0, 0.05) is 25.4 Å². The zero-order valence-electron chi connectivity index (χ0n) is 24.0. The molecule has 0 saturated heterocycles. The van der Waals surface area contributed by atoms with E-state index in [1.165, 1.54) is 7.11 Å². The summed E-state index contributed by atoms with van der Waals surface area (Å²) in [6, 6.07) is 9.48. The summed E-state index contributed by atoms with van der Waals surface area (Å²) in [5, 5.41) is 1.02. The number of esters is 2. The van der Waals surface area contributed by atoms with Crippen LogP contribution in [0.3, 0.4) is 0 Å². The van der Waals surface area contributed by atoms with Crippen LogP contribution in [0.1, 0.15) is 69.7 Å². The number of ether oxygens (including phenoxy) is 3. The van der Waals surface area contributed by atoms with Crippen molar-refractivity contribution in [1.82, 2.24) is 19.1 Å². The van der Waals surface area contributed by atoms with E-state index in [-0.39, 0.29) is 5.97 Å². The molecule has 3 heterocycles. The first kappa shape index (κ1) is 29.6. The molecule has 214 valence electrons. The van der Waals surface area contributed by atoms with Crippen molar-refractivity contribution in [2.24, 2.45) is 7.05 Å². The van der Waals surface area contributed by atoms with Gasteiger partial charge in [-0.2, -0.15) is 0 Å². The second-order valence-corrected chi connectivity index (χ2v) is 11.7. The molecule has 9 nitrogen and oxygen atoms in total. The molecule has 0 bridgehead atoms. The Morgan fingerprint density at radius 2 is 1.70 bits per heavy atom. The molecule has 4 rings (SSSR count). The molecule has 10 heteroatoms. The van der Waals surface area contributed by atoms with Gasteiger partial charge in [-0.15, -0.1) is 0 Å². The lowest BCUT2D eigenvalue weighted by atomic mass is 10.1. The Labute approximate surface area is 242 Å². The zero-order valence-corrected chi connectivity index (χ0v) is 25.6. The third kappa shape index (κ3) is 6.66. The first-order valence-electron chi connectivity index (χ1n) is 13.5. The van der Waals surface area contributed by atoms with Crippen molar-refractivity contribution in [3.05, 3.63) is 40.5 Å². The van der Waals surface area contributed by atoms with Crippen LogP contribution >= 0.6 is 15.9 Å². The molecule has 0 atom stereocenters. The number of benzene rings is 1. The highest BCUT2D eigenvalue weighted by Gasteiger charge is 2.22. The van der Waals surface area contributed by atoms with E-state index in [1.54, 1.807) is 19.2 Å². The van der Waals surface area contributed by atoms with E-state index in [0.717, 1.165) is 71.3 Å². The zero-order chi connectivity index (χ0) is 29.0. The third-order valence-corrected chi connectivity index (χ3v) is 7.14. The molecule has 0 aliphatic carbocycles. The molecule has 1 aromatic carbocycles. The van der Waals surface area contributed by atoms with Gasteiger partial charge in [0.05, 0.1) is 31.0 Å². The molecular weight excluding hydrogens is 576 g/mol. The van der Waals surface area contributed by atoms with Gasteiger partial charge in [0.2, 0.25) is 0 Å². The number of halogens is 1. The molecule has 0 saturated carbocycles. The van der Waals surface area contributed by atoms with Gasteiger partial charge in [-0.3, -0.25) is 4.79 Å². The highest BCUT2D eigenvalue weighted by molar-refractivity contribution is 9.10. The van der Waals surface area contributed by atoms with E-state index in [2.05, 4.69) is 26.6 Å². The number of fused-ring (bicyclic) bond motifs is 2. The summed E-state index contributed by atoms with van der Waals surface area (Å²) >= 11 is 3.52. The molecular formula is C30H37BrN4O5. The molecule has 40 heavy (non-hydrogen) atoms. The summed E-state index contributed by atoms with van der Waals surface area (Å²) < 4.78 is 20.9. The lowest BCUT2D eigenvalue weighted by molar-refractivity contribution is -0.154. The van der Waals surface area contributed by atoms with E-state index in [4.69, 9.17) is 24.2 Å². The molecule has 0 amide bonds. The number of rotatable bonds is 11. The van der Waals surface area contributed by atoms with Crippen molar-refractivity contribution in [1.29, 1.82) is 0 Å². The molecule has 0 unspecified atom stereocenters. The Bertz CT molecular complexity index is 1530. The van der Waals surface area contributed by atoms with Crippen LogP contribution < -0.4 is 4.74 Å². The summed E-state index contributed by atoms with van der Waals surface area (Å²) in [6.45, 7) is 6.44. The second kappa shape index (κ2) is 12.4. The Morgan fingerprint density at radius 3 is 2.40 bits per heavy atom. The maximum Gasteiger partial charge on any atom is 0.338 e. The number of carbonyl (C=O) groups is 2. The average molecular weight is 614 g/mol. The first-order valence-corrected chi connectivity index (χ1v) is 14.3. The number of carbonyl (C=O) groups excluding carboxylic acids is 2. The van der Waals surface area contributed by atoms with Gasteiger partial charge in [0.25, 0.3) is 0 Å². The number of hydrogen-bond donors (Lipinski definition) is 0. The SMILES string of the molecule is COC(=O)c1cc(OC)c2c(c1)nc(-c1cc3ccc(Br)nc3n1CCCCCCCC(=O)OC(C)(C)C)n2C. The smallest absolute Gasteiger partial charge is 0.338 e. The van der Waals surface area contributed by atoms with Gasteiger partial charge < -0.3 is 23.3 Å². The van der Waals surface area contributed by atoms with Crippen LogP contribution in [0, 0.1) is 0 Å². The van der Waals surface area contributed by atoms with E-state index in [0.29, 0.717) is 23.3 Å². The average Bonchev–Trinajstić information content (AvgIpc) is 3.42. The van der Waals surface area contributed by atoms with Gasteiger partial charge in [0.1, 0.15) is 27.1 Å². The van der Waals surface area contributed by atoms with Crippen molar-refractivity contribution in [3.63, 3.8) is 0 Å². The molecule has 0 spiro atoms. The van der Waals surface area contributed by atoms with Gasteiger partial charge in [-0.05, 0) is 79.9 Å². The van der Waals surface area contributed by atoms with Crippen molar-refractivity contribution in [2.45, 2.75) is 71.4 Å². The highest BCUT2D eigenvalue weighted by atomic mass is 79.9. The van der Waals surface area contributed by atoms with Crippen LogP contribution in [0.4, 0.5) is 0 Å². The van der Waals surface area contributed by atoms with Gasteiger partial charge in [0.15, 0.2) is 5.82 Å². The van der Waals surface area contributed by atoms with Crippen LogP contribution in [0.15, 0.2) is 34.9 Å². The number of unbranched alkanes of at least 4 members (excludes halogenated alkanes) is 4. The number of methoxy groups -OCH3 is 2. The molecule has 0 aliphatic rings. The van der Waals surface area contributed by atoms with Crippen LogP contribution in [0.5, 0.6) is 5.75 Å². The maximum atomic E-state index is 12.2. The van der Waals surface area contributed by atoms with E-state index in [1.807, 2.05) is 44.5 Å². The Kier molecular flexibility index (Phi) is 9.18. The molecule has 0 N–H and O–H groups in total. The van der Waals surface area contributed by atoms with E-state index in [9.17, 15) is 9.59 Å². The number of aromatic nitrogens is 4. The normalized spacial score (nSPS) is 11.8. The fourth-order valence-electron chi connectivity index (χ4n) is 4.91. The summed E-state index contributed by atoms with van der Waals surface area (Å²) in [7, 11) is 4.88. The number of aryl methyl sites for hydroxylation is 2. The third-order valence-electron chi connectivity index (χ3n) is 6.70. The standard InChI is InChI=1S/C30H37BrN4O5/c1-30(2,3)40-25(36)12-10-8-7-9-11-15-35-22(17-19-13-14-24(31)33-27(19)35)28-32-21-16-20(29(37)39-6)18-23(38-5)26(21)34(28)4/h13-14,16-18H,7-12,15H2,1-6H3. The fourth-order valence-corrected chi connectivity index (χ4v) is 5.21. The van der Waals surface area contributed by atoms with Crippen molar-refractivity contribution in [3.8, 4) is 17.3 Å². The number of hydrogen-bond acceptors (Lipinski definition) is 7. The minimum absolute atomic E-state index is 0.134. The lowest BCUT2D eigenvalue weighted by Crippen LogP contribution is -2.23. The van der Waals surface area contributed by atoms with Gasteiger partial charge in [-0.1, -0.05) is 19.3 Å². The quantitative estimate of drug-likeness (QED) is 0.104. The summed E-state index contributed by atoms with van der Waals surface area (Å²) in [4.78, 5) is 33.9. The van der Waals surface area contributed by atoms with Crippen molar-refractivity contribution in [2.75, 3.05) is 14.2 Å². The van der Waals surface area contributed by atoms with Crippen molar-refractivity contribution >= 4 is 49.9 Å². The number of pyridine rings is 1. The Balaban J connectivity index is 1.55. The van der Waals surface area contributed by atoms with Crippen LogP contribution in [0.2, 0.25) is 0 Å². The lowest BCUT2D eigenvalue weighted by Gasteiger charge is -2.19. The largest absolute Gasteiger partial charge is 0.494 e. The predicted octanol–water partition coefficient (Wildman–Crippen LogP) is 6.83. The molecule has 4 aromatic rings. The molecule has 3 aromatic heterocycles. The van der Waals surface area contributed by atoms with Crippen LogP contribution in [-0.4, -0.2) is 50.9 Å². The molecule has 0 aliphatic heterocycles. The van der Waals surface area contributed by atoms with Crippen LogP contribution in [0.25, 0.3) is 33.6 Å². The van der Waals surface area contributed by atoms with Crippen LogP contribution in [-0.2, 0) is 27.9 Å². The monoisotopic (exact) mass is 612 g/mol. The topological polar surface area (TPSA) is 97.5 Å². The van der Waals surface area contributed by atoms with Gasteiger partial charge >= 0.3 is 11.9 Å². The summed E-state index contributed by atoms with van der Waals surface area (Å²) in [5.41, 5.74) is 3.20. The summed E-state index contributed by atoms with van der Waals surface area (Å²) in [6.07, 6.45) is 5.28. The first-order chi connectivity index (χ1) is 19.0. The Hall–Kier alpha value is -3.40. The highest BCUT2D eigenvalue weighted by Crippen LogP contribution is 2.34. The molecule has 0 radical (unpaired) electrons. The minimum atomic E-state index is -0.443.